The summed E-state index contributed by atoms with van der Waals surface area (Å²) < 4.78 is 21.0. The molecule has 4 aromatic rings. The van der Waals surface area contributed by atoms with E-state index in [1.807, 2.05) is 69.3 Å². The highest BCUT2D eigenvalue weighted by atomic mass is 32.2. The Morgan fingerprint density at radius 1 is 0.976 bits per heavy atom. The zero-order valence-electron chi connectivity index (χ0n) is 22.8. The van der Waals surface area contributed by atoms with Crippen molar-refractivity contribution >= 4 is 40.6 Å². The van der Waals surface area contributed by atoms with Gasteiger partial charge in [0.15, 0.2) is 0 Å². The Labute approximate surface area is 241 Å². The van der Waals surface area contributed by atoms with Gasteiger partial charge >= 0.3 is 0 Å². The Hall–Kier alpha value is -4.63. The third kappa shape index (κ3) is 6.41. The zero-order valence-corrected chi connectivity index (χ0v) is 23.6. The van der Waals surface area contributed by atoms with Gasteiger partial charge in [0, 0.05) is 22.8 Å². The number of nitrogens with zero attached hydrogens (tertiary/aromatic N) is 2. The Morgan fingerprint density at radius 2 is 1.71 bits per heavy atom. The quantitative estimate of drug-likeness (QED) is 0.236. The van der Waals surface area contributed by atoms with Crippen molar-refractivity contribution in [1.29, 1.82) is 0 Å². The molecule has 3 aromatic carbocycles. The number of halogens is 1. The summed E-state index contributed by atoms with van der Waals surface area (Å²) >= 11 is 0.825. The number of rotatable bonds is 8. The number of imide groups is 1. The molecular formula is C32H28FN3O4S. The number of thioether (sulfide) groups is 1. The third-order valence-corrected chi connectivity index (χ3v) is 7.56. The molecule has 0 aliphatic carbocycles. The SMILES string of the molecule is Cc1cccc(NC(=O)CN2C(=O)S/C(=C\c3cc(C)n(-c4ccc(OCc5ccc(F)cc5)cc4)c3C)C2=O)c1. The number of carbonyl (C=O) groups is 3. The largest absolute Gasteiger partial charge is 0.489 e. The average molecular weight is 570 g/mol. The standard InChI is InChI=1S/C32H28FN3O4S/c1-20-5-4-6-26(15-20)34-30(37)18-35-31(38)29(41-32(35)39)17-24-16-21(2)36(22(24)3)27-11-13-28(14-12-27)40-19-23-7-9-25(33)10-8-23/h4-17H,18-19H2,1-3H3,(H,34,37)/b29-17-. The topological polar surface area (TPSA) is 80.6 Å². The van der Waals surface area contributed by atoms with Crippen molar-refractivity contribution in [3.63, 3.8) is 0 Å². The molecule has 5 rings (SSSR count). The van der Waals surface area contributed by atoms with Gasteiger partial charge in [-0.15, -0.1) is 0 Å². The van der Waals surface area contributed by atoms with Crippen LogP contribution in [-0.4, -0.2) is 33.1 Å². The molecular weight excluding hydrogens is 541 g/mol. The van der Waals surface area contributed by atoms with E-state index in [1.165, 1.54) is 12.1 Å². The number of hydrogen-bond donors (Lipinski definition) is 1. The van der Waals surface area contributed by atoms with E-state index < -0.39 is 17.1 Å². The lowest BCUT2D eigenvalue weighted by molar-refractivity contribution is -0.127. The van der Waals surface area contributed by atoms with Gasteiger partial charge in [0.25, 0.3) is 11.1 Å². The molecule has 3 amide bonds. The Bertz CT molecular complexity index is 1660. The number of ether oxygens (including phenoxy) is 1. The second-order valence-corrected chi connectivity index (χ2v) is 10.7. The number of hydrogen-bond acceptors (Lipinski definition) is 5. The lowest BCUT2D eigenvalue weighted by Gasteiger charge is -2.12. The predicted molar refractivity (Wildman–Crippen MR) is 158 cm³/mol. The minimum absolute atomic E-state index is 0.267. The molecule has 9 heteroatoms. The first-order valence-corrected chi connectivity index (χ1v) is 13.8. The fourth-order valence-electron chi connectivity index (χ4n) is 4.61. The van der Waals surface area contributed by atoms with Crippen molar-refractivity contribution in [2.24, 2.45) is 0 Å². The Kier molecular flexibility index (Phi) is 8.07. The van der Waals surface area contributed by atoms with Crippen molar-refractivity contribution in [2.75, 3.05) is 11.9 Å². The summed E-state index contributed by atoms with van der Waals surface area (Å²) in [6.07, 6.45) is 1.70. The van der Waals surface area contributed by atoms with Crippen molar-refractivity contribution in [1.82, 2.24) is 9.47 Å². The molecule has 1 aliphatic heterocycles. The van der Waals surface area contributed by atoms with E-state index in [0.717, 1.165) is 50.4 Å². The van der Waals surface area contributed by atoms with Crippen molar-refractivity contribution < 1.29 is 23.5 Å². The maximum atomic E-state index is 13.1. The van der Waals surface area contributed by atoms with E-state index in [1.54, 1.807) is 24.3 Å². The van der Waals surface area contributed by atoms with Crippen LogP contribution in [0, 0.1) is 26.6 Å². The van der Waals surface area contributed by atoms with Crippen LogP contribution in [0.5, 0.6) is 5.75 Å². The summed E-state index contributed by atoms with van der Waals surface area (Å²) in [7, 11) is 0. The number of benzene rings is 3. The number of aryl methyl sites for hydroxylation is 2. The van der Waals surface area contributed by atoms with Gasteiger partial charge in [-0.05, 0) is 110 Å². The first-order valence-electron chi connectivity index (χ1n) is 13.0. The second kappa shape index (κ2) is 11.9. The molecule has 0 bridgehead atoms. The summed E-state index contributed by atoms with van der Waals surface area (Å²) in [6.45, 7) is 5.79. The van der Waals surface area contributed by atoms with Crippen LogP contribution in [0.1, 0.15) is 28.1 Å². The van der Waals surface area contributed by atoms with Crippen LogP contribution in [0.2, 0.25) is 0 Å². The molecule has 0 radical (unpaired) electrons. The fourth-order valence-corrected chi connectivity index (χ4v) is 5.44. The molecule has 208 valence electrons. The zero-order chi connectivity index (χ0) is 29.1. The lowest BCUT2D eigenvalue weighted by Crippen LogP contribution is -2.36. The molecule has 1 saturated heterocycles. The van der Waals surface area contributed by atoms with Gasteiger partial charge < -0.3 is 14.6 Å². The molecule has 41 heavy (non-hydrogen) atoms. The molecule has 7 nitrogen and oxygen atoms in total. The molecule has 1 aromatic heterocycles. The van der Waals surface area contributed by atoms with Crippen LogP contribution in [0.15, 0.2) is 83.8 Å². The van der Waals surface area contributed by atoms with Crippen LogP contribution in [0.25, 0.3) is 11.8 Å². The molecule has 1 fully saturated rings. The minimum Gasteiger partial charge on any atom is -0.489 e. The lowest BCUT2D eigenvalue weighted by atomic mass is 10.2. The minimum atomic E-state index is -0.494. The van der Waals surface area contributed by atoms with E-state index in [0.29, 0.717) is 18.0 Å². The van der Waals surface area contributed by atoms with Crippen LogP contribution >= 0.6 is 11.8 Å². The van der Waals surface area contributed by atoms with Gasteiger partial charge in [0.2, 0.25) is 5.91 Å². The van der Waals surface area contributed by atoms with E-state index in [9.17, 15) is 18.8 Å². The van der Waals surface area contributed by atoms with Gasteiger partial charge in [-0.25, -0.2) is 4.39 Å². The fraction of sp³-hybridized carbons (Fsp3) is 0.156. The number of carbonyl (C=O) groups excluding carboxylic acids is 3. The predicted octanol–water partition coefficient (Wildman–Crippen LogP) is 6.80. The van der Waals surface area contributed by atoms with E-state index >= 15 is 0 Å². The first kappa shape index (κ1) is 27.9. The Balaban J connectivity index is 1.27. The van der Waals surface area contributed by atoms with Crippen LogP contribution in [0.4, 0.5) is 14.9 Å². The first-order chi connectivity index (χ1) is 19.7. The summed E-state index contributed by atoms with van der Waals surface area (Å²) in [6, 6.07) is 23.0. The van der Waals surface area contributed by atoms with Gasteiger partial charge in [0.05, 0.1) is 4.91 Å². The number of amides is 3. The van der Waals surface area contributed by atoms with Crippen LogP contribution in [0.3, 0.4) is 0 Å². The molecule has 0 spiro atoms. The average Bonchev–Trinajstić information content (AvgIpc) is 3.37. The summed E-state index contributed by atoms with van der Waals surface area (Å²) in [4.78, 5) is 39.4. The maximum absolute atomic E-state index is 13.1. The van der Waals surface area contributed by atoms with Crippen molar-refractivity contribution in [3.8, 4) is 11.4 Å². The smallest absolute Gasteiger partial charge is 0.294 e. The highest BCUT2D eigenvalue weighted by Crippen LogP contribution is 2.34. The van der Waals surface area contributed by atoms with E-state index in [4.69, 9.17) is 4.74 Å². The van der Waals surface area contributed by atoms with E-state index in [2.05, 4.69) is 9.88 Å². The molecule has 1 N–H and O–H groups in total. The summed E-state index contributed by atoms with van der Waals surface area (Å²) in [5.74, 6) is -0.540. The normalized spacial score (nSPS) is 14.1. The summed E-state index contributed by atoms with van der Waals surface area (Å²) in [5, 5.41) is 2.25. The molecule has 0 atom stereocenters. The van der Waals surface area contributed by atoms with Crippen molar-refractivity contribution in [3.05, 3.63) is 118 Å². The molecule has 0 unspecified atom stereocenters. The number of aromatic nitrogens is 1. The molecule has 1 aliphatic rings. The van der Waals surface area contributed by atoms with Crippen LogP contribution in [-0.2, 0) is 16.2 Å². The van der Waals surface area contributed by atoms with Gasteiger partial charge in [-0.3, -0.25) is 19.3 Å². The maximum Gasteiger partial charge on any atom is 0.294 e. The monoisotopic (exact) mass is 569 g/mol. The highest BCUT2D eigenvalue weighted by molar-refractivity contribution is 8.18. The summed E-state index contributed by atoms with van der Waals surface area (Å²) in [5.41, 5.74) is 6.02. The van der Waals surface area contributed by atoms with E-state index in [-0.39, 0.29) is 17.3 Å². The van der Waals surface area contributed by atoms with Gasteiger partial charge in [-0.1, -0.05) is 24.3 Å². The number of anilines is 1. The van der Waals surface area contributed by atoms with Crippen LogP contribution < -0.4 is 10.1 Å². The number of nitrogens with one attached hydrogen (secondary N) is 1. The second-order valence-electron chi connectivity index (χ2n) is 9.76. The Morgan fingerprint density at radius 3 is 2.41 bits per heavy atom. The third-order valence-electron chi connectivity index (χ3n) is 6.65. The van der Waals surface area contributed by atoms with Gasteiger partial charge in [-0.2, -0.15) is 0 Å². The molecule has 2 heterocycles. The molecule has 0 saturated carbocycles. The van der Waals surface area contributed by atoms with Gasteiger partial charge in [0.1, 0.15) is 24.7 Å². The van der Waals surface area contributed by atoms with Crippen molar-refractivity contribution in [2.45, 2.75) is 27.4 Å². The highest BCUT2D eigenvalue weighted by Gasteiger charge is 2.36.